The fourth-order valence-corrected chi connectivity index (χ4v) is 7.05. The molecule has 4 rings (SSSR count). The fraction of sp³-hybridized carbons (Fsp3) is 0.233. The molecule has 1 aromatic heterocycles. The van der Waals surface area contributed by atoms with Crippen molar-refractivity contribution in [3.63, 3.8) is 0 Å². The van der Waals surface area contributed by atoms with E-state index in [1.807, 2.05) is 6.07 Å². The summed E-state index contributed by atoms with van der Waals surface area (Å²) in [7, 11) is -5.35. The molecule has 0 fully saturated rings. The van der Waals surface area contributed by atoms with Crippen molar-refractivity contribution in [1.29, 1.82) is 5.26 Å². The van der Waals surface area contributed by atoms with Gasteiger partial charge in [-0.15, -0.1) is 11.3 Å². The zero-order valence-electron chi connectivity index (χ0n) is 24.0. The van der Waals surface area contributed by atoms with Crippen LogP contribution in [0.5, 0.6) is 11.5 Å². The first-order chi connectivity index (χ1) is 21.1. The molecule has 0 aliphatic rings. The lowest BCUT2D eigenvalue weighted by Crippen LogP contribution is -2.21. The van der Waals surface area contributed by atoms with E-state index in [2.05, 4.69) is 0 Å². The standard InChI is InChI=1S/C30H25F2N2O8PS2/c1-29(2,3)28(36)44-14-13-40-43(39,42-24-6-4-5-19(15-24)18-33)30(31,32)21-7-12-25-20(16-21)17-26(45-25)27(35)41-23-10-8-22(9-11-23)34(37)38/h4-12,15-17H,13-14H2,1-3H3. The summed E-state index contributed by atoms with van der Waals surface area (Å²) >= 11 is 1.81. The summed E-state index contributed by atoms with van der Waals surface area (Å²) in [6.45, 7) is 4.61. The Morgan fingerprint density at radius 3 is 2.40 bits per heavy atom. The summed E-state index contributed by atoms with van der Waals surface area (Å²) in [6.07, 6.45) is 0. The van der Waals surface area contributed by atoms with Gasteiger partial charge in [-0.1, -0.05) is 44.7 Å². The zero-order valence-corrected chi connectivity index (χ0v) is 26.5. The Kier molecular flexibility index (Phi) is 10.1. The summed E-state index contributed by atoms with van der Waals surface area (Å²) in [5.74, 6) is -1.10. The second-order valence-electron chi connectivity index (χ2n) is 10.5. The quantitative estimate of drug-likeness (QED) is 0.0379. The number of esters is 1. The number of nitriles is 1. The molecule has 234 valence electrons. The van der Waals surface area contributed by atoms with Crippen LogP contribution < -0.4 is 9.26 Å². The molecule has 3 aromatic carbocycles. The van der Waals surface area contributed by atoms with Crippen molar-refractivity contribution < 1.29 is 41.6 Å². The average Bonchev–Trinajstić information content (AvgIpc) is 3.43. The molecule has 4 aromatic rings. The molecule has 0 aliphatic carbocycles. The summed E-state index contributed by atoms with van der Waals surface area (Å²) in [6, 6.07) is 16.6. The third-order valence-corrected chi connectivity index (χ3v) is 10.3. The van der Waals surface area contributed by atoms with Crippen molar-refractivity contribution in [2.45, 2.75) is 26.4 Å². The number of nitrogens with zero attached hydrogens (tertiary/aromatic N) is 2. The number of benzene rings is 3. The highest BCUT2D eigenvalue weighted by atomic mass is 32.2. The Balaban J connectivity index is 1.60. The minimum absolute atomic E-state index is 0.0494. The number of ether oxygens (including phenoxy) is 1. The van der Waals surface area contributed by atoms with Gasteiger partial charge in [-0.25, -0.2) is 9.36 Å². The summed E-state index contributed by atoms with van der Waals surface area (Å²) in [5, 5.41) is 20.1. The Labute approximate surface area is 264 Å². The normalized spacial score (nSPS) is 13.1. The smallest absolute Gasteiger partial charge is 0.422 e. The van der Waals surface area contributed by atoms with Gasteiger partial charge in [0.15, 0.2) is 5.12 Å². The second-order valence-corrected chi connectivity index (χ2v) is 14.6. The van der Waals surface area contributed by atoms with Gasteiger partial charge in [-0.3, -0.25) is 19.4 Å². The number of hydrogen-bond acceptors (Lipinski definition) is 11. The molecule has 1 heterocycles. The third kappa shape index (κ3) is 7.93. The van der Waals surface area contributed by atoms with E-state index in [4.69, 9.17) is 13.8 Å². The molecule has 1 unspecified atom stereocenters. The highest BCUT2D eigenvalue weighted by molar-refractivity contribution is 8.13. The lowest BCUT2D eigenvalue weighted by atomic mass is 10.00. The number of carbonyl (C=O) groups excluding carboxylic acids is 2. The summed E-state index contributed by atoms with van der Waals surface area (Å²) < 4.78 is 62.4. The van der Waals surface area contributed by atoms with Crippen LogP contribution in [0.15, 0.2) is 72.8 Å². The molecular formula is C30H25F2N2O8PS2. The maximum atomic E-state index is 16.1. The Morgan fingerprint density at radius 2 is 1.76 bits per heavy atom. The van der Waals surface area contributed by atoms with Gasteiger partial charge in [-0.05, 0) is 53.9 Å². The first kappa shape index (κ1) is 33.7. The number of hydrogen-bond donors (Lipinski definition) is 0. The fourth-order valence-electron chi connectivity index (χ4n) is 3.72. The molecule has 0 bridgehead atoms. The number of rotatable bonds is 11. The van der Waals surface area contributed by atoms with Gasteiger partial charge in [0.25, 0.3) is 5.69 Å². The van der Waals surface area contributed by atoms with Gasteiger partial charge in [0, 0.05) is 33.6 Å². The van der Waals surface area contributed by atoms with Crippen LogP contribution in [0.25, 0.3) is 10.1 Å². The van der Waals surface area contributed by atoms with Crippen LogP contribution in [0.3, 0.4) is 0 Å². The number of nitro benzene ring substituents is 1. The van der Waals surface area contributed by atoms with Gasteiger partial charge < -0.3 is 9.26 Å². The number of non-ortho nitro benzene ring substituents is 1. The first-order valence-electron chi connectivity index (χ1n) is 13.1. The van der Waals surface area contributed by atoms with Crippen LogP contribution in [-0.4, -0.2) is 28.4 Å². The van der Waals surface area contributed by atoms with Crippen LogP contribution in [0.4, 0.5) is 14.5 Å². The number of fused-ring (bicyclic) bond motifs is 1. The highest BCUT2D eigenvalue weighted by Gasteiger charge is 2.56. The predicted molar refractivity (Wildman–Crippen MR) is 166 cm³/mol. The molecule has 15 heteroatoms. The van der Waals surface area contributed by atoms with E-state index in [0.29, 0.717) is 4.70 Å². The van der Waals surface area contributed by atoms with E-state index >= 15 is 8.78 Å². The Hall–Kier alpha value is -4.15. The minimum Gasteiger partial charge on any atom is -0.422 e. The van der Waals surface area contributed by atoms with Gasteiger partial charge >= 0.3 is 19.2 Å². The van der Waals surface area contributed by atoms with Crippen molar-refractivity contribution in [3.8, 4) is 17.6 Å². The van der Waals surface area contributed by atoms with E-state index in [1.54, 1.807) is 20.8 Å². The molecule has 1 atom stereocenters. The monoisotopic (exact) mass is 674 g/mol. The molecule has 0 amide bonds. The van der Waals surface area contributed by atoms with Crippen molar-refractivity contribution in [1.82, 2.24) is 0 Å². The molecule has 45 heavy (non-hydrogen) atoms. The number of alkyl halides is 2. The topological polar surface area (TPSA) is 146 Å². The first-order valence-corrected chi connectivity index (χ1v) is 16.5. The van der Waals surface area contributed by atoms with Crippen molar-refractivity contribution >= 4 is 57.6 Å². The third-order valence-electron chi connectivity index (χ3n) is 6.05. The molecule has 0 saturated heterocycles. The van der Waals surface area contributed by atoms with E-state index in [1.165, 1.54) is 54.6 Å². The number of thioether (sulfide) groups is 1. The molecular weight excluding hydrogens is 649 g/mol. The maximum Gasteiger partial charge on any atom is 0.453 e. The van der Waals surface area contributed by atoms with Crippen LogP contribution in [-0.2, 0) is 19.5 Å². The molecule has 0 radical (unpaired) electrons. The zero-order chi connectivity index (χ0) is 33.0. The van der Waals surface area contributed by atoms with Gasteiger partial charge in [-0.2, -0.15) is 14.0 Å². The van der Waals surface area contributed by atoms with E-state index in [-0.39, 0.29) is 43.9 Å². The number of halogens is 2. The molecule has 0 aliphatic heterocycles. The van der Waals surface area contributed by atoms with E-state index in [9.17, 15) is 29.5 Å². The van der Waals surface area contributed by atoms with E-state index in [0.717, 1.165) is 41.3 Å². The number of nitro groups is 1. The predicted octanol–water partition coefficient (Wildman–Crippen LogP) is 8.54. The lowest BCUT2D eigenvalue weighted by Gasteiger charge is -2.27. The average molecular weight is 675 g/mol. The minimum atomic E-state index is -5.35. The van der Waals surface area contributed by atoms with Gasteiger partial charge in [0.1, 0.15) is 16.4 Å². The summed E-state index contributed by atoms with van der Waals surface area (Å²) in [5.41, 5.74) is -5.72. The molecule has 0 N–H and O–H groups in total. The lowest BCUT2D eigenvalue weighted by molar-refractivity contribution is -0.384. The van der Waals surface area contributed by atoms with Crippen molar-refractivity contribution in [2.24, 2.45) is 5.41 Å². The van der Waals surface area contributed by atoms with Crippen molar-refractivity contribution in [2.75, 3.05) is 12.4 Å². The number of carbonyl (C=O) groups is 2. The van der Waals surface area contributed by atoms with Crippen LogP contribution in [0.1, 0.15) is 41.6 Å². The maximum absolute atomic E-state index is 16.1. The molecule has 0 spiro atoms. The van der Waals surface area contributed by atoms with Crippen LogP contribution in [0.2, 0.25) is 0 Å². The Bertz CT molecular complexity index is 1850. The number of thiophene rings is 1. The van der Waals surface area contributed by atoms with E-state index < -0.39 is 41.7 Å². The highest BCUT2D eigenvalue weighted by Crippen LogP contribution is 2.66. The van der Waals surface area contributed by atoms with Crippen LogP contribution in [0, 0.1) is 26.9 Å². The SMILES string of the molecule is CC(C)(C)C(=O)SCCOP(=O)(Oc1cccc(C#N)c1)C(F)(F)c1ccc2sc(C(=O)Oc3ccc([N+](=O)[O-])cc3)cc2c1. The van der Waals surface area contributed by atoms with Crippen molar-refractivity contribution in [3.05, 3.63) is 98.9 Å². The molecule has 0 saturated carbocycles. The second kappa shape index (κ2) is 13.5. The largest absolute Gasteiger partial charge is 0.453 e. The summed E-state index contributed by atoms with van der Waals surface area (Å²) in [4.78, 5) is 35.3. The molecule has 10 nitrogen and oxygen atoms in total. The van der Waals surface area contributed by atoms with Gasteiger partial charge in [0.2, 0.25) is 0 Å². The Morgan fingerprint density at radius 1 is 1.04 bits per heavy atom. The van der Waals surface area contributed by atoms with Crippen LogP contribution >= 0.6 is 30.7 Å². The van der Waals surface area contributed by atoms with Gasteiger partial charge in [0.05, 0.1) is 23.2 Å².